The Morgan fingerprint density at radius 2 is 1.67 bits per heavy atom. The molecule has 1 saturated heterocycles. The zero-order valence-electron chi connectivity index (χ0n) is 18.8. The number of nitrogens with zero attached hydrogens (tertiary/aromatic N) is 1. The quantitative estimate of drug-likeness (QED) is 0.658. The van der Waals surface area contributed by atoms with Crippen molar-refractivity contribution in [2.75, 3.05) is 26.2 Å². The van der Waals surface area contributed by atoms with Crippen molar-refractivity contribution in [1.29, 1.82) is 0 Å². The van der Waals surface area contributed by atoms with E-state index in [0.717, 1.165) is 11.1 Å². The smallest absolute Gasteiger partial charge is 0.407 e. The van der Waals surface area contributed by atoms with Crippen LogP contribution in [-0.2, 0) is 14.3 Å². The molecule has 2 N–H and O–H groups in total. The first-order valence-electron chi connectivity index (χ1n) is 11.1. The summed E-state index contributed by atoms with van der Waals surface area (Å²) in [6.45, 7) is 4.51. The first-order valence-corrected chi connectivity index (χ1v) is 11.1. The Hall–Kier alpha value is -3.61. The summed E-state index contributed by atoms with van der Waals surface area (Å²) in [5.41, 5.74) is 5.09. The first-order chi connectivity index (χ1) is 15.9. The highest BCUT2D eigenvalue weighted by Gasteiger charge is 2.37. The van der Waals surface area contributed by atoms with Gasteiger partial charge in [-0.15, -0.1) is 0 Å². The number of likely N-dealkylation sites (tertiary alicyclic amines) is 1. The zero-order chi connectivity index (χ0) is 23.5. The number of amides is 2. The van der Waals surface area contributed by atoms with Crippen molar-refractivity contribution in [2.24, 2.45) is 11.8 Å². The third kappa shape index (κ3) is 4.62. The monoisotopic (exact) mass is 448 g/mol. The fourth-order valence-corrected chi connectivity index (χ4v) is 4.73. The Bertz CT molecular complexity index is 1060. The van der Waals surface area contributed by atoms with Crippen molar-refractivity contribution >= 4 is 18.0 Å². The van der Waals surface area contributed by atoms with Crippen LogP contribution in [0.25, 0.3) is 11.1 Å². The van der Waals surface area contributed by atoms with Crippen LogP contribution in [0.15, 0.2) is 60.2 Å². The van der Waals surface area contributed by atoms with Gasteiger partial charge >= 0.3 is 12.1 Å². The molecule has 2 amide bonds. The molecule has 1 aliphatic carbocycles. The summed E-state index contributed by atoms with van der Waals surface area (Å²) in [6.07, 6.45) is 1.08. The lowest BCUT2D eigenvalue weighted by Gasteiger charge is -2.16. The van der Waals surface area contributed by atoms with E-state index in [2.05, 4.69) is 29.6 Å². The molecule has 1 heterocycles. The third-order valence-corrected chi connectivity index (χ3v) is 6.55. The fraction of sp³-hybridized carbons (Fsp3) is 0.346. The number of carbonyl (C=O) groups is 3. The average molecular weight is 449 g/mol. The summed E-state index contributed by atoms with van der Waals surface area (Å²) in [5, 5.41) is 11.9. The molecular formula is C26H28N2O5. The number of alkyl carbamates (subject to hydrolysis) is 1. The molecule has 4 rings (SSSR count). The molecule has 0 unspecified atom stereocenters. The molecule has 7 heteroatoms. The fourth-order valence-electron chi connectivity index (χ4n) is 4.73. The maximum atomic E-state index is 12.6. The van der Waals surface area contributed by atoms with Crippen LogP contribution in [0.4, 0.5) is 4.79 Å². The van der Waals surface area contributed by atoms with Gasteiger partial charge in [-0.05, 0) is 35.1 Å². The second kappa shape index (κ2) is 9.48. The van der Waals surface area contributed by atoms with E-state index in [0.29, 0.717) is 12.1 Å². The molecule has 1 fully saturated rings. The number of hydrogen-bond acceptors (Lipinski definition) is 4. The van der Waals surface area contributed by atoms with Gasteiger partial charge in [0, 0.05) is 31.1 Å². The molecule has 7 nitrogen and oxygen atoms in total. The lowest BCUT2D eigenvalue weighted by molar-refractivity contribution is -0.142. The van der Waals surface area contributed by atoms with Crippen LogP contribution in [0.5, 0.6) is 0 Å². The number of rotatable bonds is 6. The number of carboxylic acid groups (broad SMARTS) is 1. The van der Waals surface area contributed by atoms with Crippen molar-refractivity contribution < 1.29 is 24.2 Å². The molecule has 0 spiro atoms. The number of fused-ring (bicyclic) bond motifs is 3. The van der Waals surface area contributed by atoms with E-state index in [1.165, 1.54) is 11.1 Å². The molecule has 172 valence electrons. The number of carboxylic acids is 1. The van der Waals surface area contributed by atoms with E-state index in [1.54, 1.807) is 17.9 Å². The van der Waals surface area contributed by atoms with Crippen LogP contribution in [-0.4, -0.2) is 54.2 Å². The van der Waals surface area contributed by atoms with Gasteiger partial charge in [0.05, 0.1) is 5.92 Å². The maximum Gasteiger partial charge on any atom is 0.407 e. The number of nitrogens with one attached hydrogen (secondary N) is 1. The van der Waals surface area contributed by atoms with Crippen molar-refractivity contribution in [3.63, 3.8) is 0 Å². The number of benzene rings is 2. The molecule has 0 aromatic heterocycles. The van der Waals surface area contributed by atoms with Gasteiger partial charge in [0.1, 0.15) is 6.61 Å². The Morgan fingerprint density at radius 3 is 2.24 bits per heavy atom. The molecule has 0 saturated carbocycles. The highest BCUT2D eigenvalue weighted by atomic mass is 16.5. The van der Waals surface area contributed by atoms with Gasteiger partial charge in [-0.1, -0.05) is 61.5 Å². The van der Waals surface area contributed by atoms with E-state index < -0.39 is 18.0 Å². The van der Waals surface area contributed by atoms with E-state index in [-0.39, 0.29) is 37.4 Å². The summed E-state index contributed by atoms with van der Waals surface area (Å²) in [6, 6.07) is 16.3. The molecule has 1 aliphatic heterocycles. The highest BCUT2D eigenvalue weighted by Crippen LogP contribution is 2.44. The Morgan fingerprint density at radius 1 is 1.06 bits per heavy atom. The Labute approximate surface area is 193 Å². The largest absolute Gasteiger partial charge is 0.481 e. The minimum absolute atomic E-state index is 0.0126. The first kappa shape index (κ1) is 22.6. The molecule has 2 aromatic carbocycles. The van der Waals surface area contributed by atoms with Gasteiger partial charge in [-0.25, -0.2) is 4.79 Å². The number of aliphatic carboxylic acids is 1. The molecule has 33 heavy (non-hydrogen) atoms. The molecule has 2 aromatic rings. The van der Waals surface area contributed by atoms with Crippen LogP contribution < -0.4 is 5.32 Å². The molecule has 0 radical (unpaired) electrons. The van der Waals surface area contributed by atoms with Gasteiger partial charge in [0.25, 0.3) is 0 Å². The normalized spacial score (nSPS) is 19.7. The minimum atomic E-state index is -0.878. The summed E-state index contributed by atoms with van der Waals surface area (Å²) in [5.74, 6) is -1.73. The molecular weight excluding hydrogens is 420 g/mol. The summed E-state index contributed by atoms with van der Waals surface area (Å²) >= 11 is 0. The third-order valence-electron chi connectivity index (χ3n) is 6.55. The minimum Gasteiger partial charge on any atom is -0.481 e. The van der Waals surface area contributed by atoms with Crippen molar-refractivity contribution in [3.05, 3.63) is 71.3 Å². The molecule has 2 aliphatic rings. The van der Waals surface area contributed by atoms with Gasteiger partial charge in [0.15, 0.2) is 0 Å². The van der Waals surface area contributed by atoms with Gasteiger partial charge in [0.2, 0.25) is 5.91 Å². The standard InChI is InChI=1S/C26H28N2O5/c1-16(24(29)28-13-17(2)22(14-28)25(30)31)11-12-27-26(32)33-15-23-20-9-5-3-7-18(20)19-8-4-6-10-21(19)23/h3-11,17,22-23H,12-15H2,1-2H3,(H,27,32)(H,30,31)/b16-11+/t17-,22-/m1/s1. The number of hydrogen-bond donors (Lipinski definition) is 2. The van der Waals surface area contributed by atoms with Crippen LogP contribution in [0.1, 0.15) is 30.9 Å². The SMILES string of the molecule is C/C(=C\CNC(=O)OCC1c2ccccc2-c2ccccc21)C(=O)N1C[C@@H](C)[C@H](C(=O)O)C1. The zero-order valence-corrected chi connectivity index (χ0v) is 18.8. The van der Waals surface area contributed by atoms with E-state index in [9.17, 15) is 19.5 Å². The number of carbonyl (C=O) groups excluding carboxylic acids is 2. The lowest BCUT2D eigenvalue weighted by Crippen LogP contribution is -2.31. The highest BCUT2D eigenvalue weighted by molar-refractivity contribution is 5.93. The summed E-state index contributed by atoms with van der Waals surface area (Å²) in [4.78, 5) is 37.7. The second-order valence-electron chi connectivity index (χ2n) is 8.73. The summed E-state index contributed by atoms with van der Waals surface area (Å²) < 4.78 is 5.50. The van der Waals surface area contributed by atoms with Gasteiger partial charge < -0.3 is 20.1 Å². The van der Waals surface area contributed by atoms with E-state index in [1.807, 2.05) is 31.2 Å². The predicted molar refractivity (Wildman–Crippen MR) is 124 cm³/mol. The van der Waals surface area contributed by atoms with Crippen LogP contribution in [0.2, 0.25) is 0 Å². The maximum absolute atomic E-state index is 12.6. The van der Waals surface area contributed by atoms with E-state index in [4.69, 9.17) is 4.74 Å². The van der Waals surface area contributed by atoms with Crippen molar-refractivity contribution in [3.8, 4) is 11.1 Å². The predicted octanol–water partition coefficient (Wildman–Crippen LogP) is 3.65. The van der Waals surface area contributed by atoms with Crippen molar-refractivity contribution in [1.82, 2.24) is 10.2 Å². The van der Waals surface area contributed by atoms with Crippen LogP contribution in [0, 0.1) is 11.8 Å². The molecule has 2 atom stereocenters. The lowest BCUT2D eigenvalue weighted by atomic mass is 9.98. The molecule has 0 bridgehead atoms. The van der Waals surface area contributed by atoms with Crippen molar-refractivity contribution in [2.45, 2.75) is 19.8 Å². The van der Waals surface area contributed by atoms with Crippen LogP contribution in [0.3, 0.4) is 0 Å². The van der Waals surface area contributed by atoms with Gasteiger partial charge in [-0.2, -0.15) is 0 Å². The Balaban J connectivity index is 1.29. The summed E-state index contributed by atoms with van der Waals surface area (Å²) in [7, 11) is 0. The average Bonchev–Trinajstić information content (AvgIpc) is 3.35. The van der Waals surface area contributed by atoms with Gasteiger partial charge in [-0.3, -0.25) is 9.59 Å². The topological polar surface area (TPSA) is 95.9 Å². The second-order valence-corrected chi connectivity index (χ2v) is 8.73. The van der Waals surface area contributed by atoms with E-state index >= 15 is 0 Å². The number of ether oxygens (including phenoxy) is 1. The van der Waals surface area contributed by atoms with Crippen LogP contribution >= 0.6 is 0 Å². The Kier molecular flexibility index (Phi) is 6.49.